The molecule has 1 aliphatic carbocycles. The van der Waals surface area contributed by atoms with Crippen molar-refractivity contribution < 1.29 is 9.53 Å². The number of aryl methyl sites for hydroxylation is 1. The smallest absolute Gasteiger partial charge is 0.330 e. The van der Waals surface area contributed by atoms with Crippen molar-refractivity contribution in [2.24, 2.45) is 0 Å². The van der Waals surface area contributed by atoms with Gasteiger partial charge in [-0.3, -0.25) is 0 Å². The SMILES string of the molecule is CCOC(=O)C=CC=C1CCc2cc(Br)ccc2C1. The zero-order valence-corrected chi connectivity index (χ0v) is 12.6. The first-order chi connectivity index (χ1) is 9.19. The van der Waals surface area contributed by atoms with Crippen molar-refractivity contribution in [2.45, 2.75) is 26.2 Å². The molecule has 0 aliphatic heterocycles. The number of ether oxygens (including phenoxy) is 1. The van der Waals surface area contributed by atoms with E-state index in [0.29, 0.717) is 6.61 Å². The van der Waals surface area contributed by atoms with Crippen LogP contribution < -0.4 is 0 Å². The first-order valence-corrected chi connectivity index (χ1v) is 7.28. The van der Waals surface area contributed by atoms with Crippen molar-refractivity contribution >= 4 is 21.9 Å². The van der Waals surface area contributed by atoms with E-state index in [9.17, 15) is 4.79 Å². The minimum atomic E-state index is -0.278. The molecular formula is C16H17BrO2. The second-order valence-electron chi connectivity index (χ2n) is 4.53. The van der Waals surface area contributed by atoms with Crippen LogP contribution in [0.1, 0.15) is 24.5 Å². The molecule has 0 aromatic heterocycles. The lowest BCUT2D eigenvalue weighted by atomic mass is 9.88. The molecule has 0 saturated heterocycles. The third-order valence-corrected chi connectivity index (χ3v) is 3.65. The Labute approximate surface area is 122 Å². The summed E-state index contributed by atoms with van der Waals surface area (Å²) in [5, 5.41) is 0. The Balaban J connectivity index is 2.01. The highest BCUT2D eigenvalue weighted by molar-refractivity contribution is 9.10. The van der Waals surface area contributed by atoms with Crippen LogP contribution in [0, 0.1) is 0 Å². The van der Waals surface area contributed by atoms with Crippen LogP contribution in [0.4, 0.5) is 0 Å². The Morgan fingerprint density at radius 1 is 1.37 bits per heavy atom. The van der Waals surface area contributed by atoms with Crippen LogP contribution in [0.2, 0.25) is 0 Å². The van der Waals surface area contributed by atoms with Crippen LogP contribution in [-0.4, -0.2) is 12.6 Å². The molecule has 2 nitrogen and oxygen atoms in total. The molecule has 0 fully saturated rings. The molecule has 1 aliphatic rings. The van der Waals surface area contributed by atoms with Crippen LogP contribution in [0.5, 0.6) is 0 Å². The lowest BCUT2D eigenvalue weighted by molar-refractivity contribution is -0.137. The number of benzene rings is 1. The van der Waals surface area contributed by atoms with Gasteiger partial charge in [0.15, 0.2) is 0 Å². The maximum Gasteiger partial charge on any atom is 0.330 e. The van der Waals surface area contributed by atoms with E-state index >= 15 is 0 Å². The maximum atomic E-state index is 11.2. The molecule has 0 radical (unpaired) electrons. The monoisotopic (exact) mass is 320 g/mol. The second kappa shape index (κ2) is 6.71. The molecule has 0 atom stereocenters. The van der Waals surface area contributed by atoms with Crippen molar-refractivity contribution in [1.82, 2.24) is 0 Å². The Kier molecular flexibility index (Phi) is 4.97. The van der Waals surface area contributed by atoms with Crippen LogP contribution >= 0.6 is 15.9 Å². The number of hydrogen-bond acceptors (Lipinski definition) is 2. The second-order valence-corrected chi connectivity index (χ2v) is 5.44. The molecule has 0 spiro atoms. The maximum absolute atomic E-state index is 11.2. The third kappa shape index (κ3) is 4.06. The number of esters is 1. The van der Waals surface area contributed by atoms with E-state index in [0.717, 1.165) is 23.7 Å². The van der Waals surface area contributed by atoms with E-state index in [1.165, 1.54) is 22.8 Å². The number of rotatable bonds is 3. The van der Waals surface area contributed by atoms with Gasteiger partial charge in [-0.2, -0.15) is 0 Å². The summed E-state index contributed by atoms with van der Waals surface area (Å²) >= 11 is 3.50. The highest BCUT2D eigenvalue weighted by Crippen LogP contribution is 2.27. The van der Waals surface area contributed by atoms with Crippen molar-refractivity contribution in [1.29, 1.82) is 0 Å². The molecule has 0 heterocycles. The molecule has 0 saturated carbocycles. The van der Waals surface area contributed by atoms with Gasteiger partial charge in [-0.25, -0.2) is 4.79 Å². The van der Waals surface area contributed by atoms with E-state index < -0.39 is 0 Å². The molecule has 2 rings (SSSR count). The minimum Gasteiger partial charge on any atom is -0.463 e. The van der Waals surface area contributed by atoms with Gasteiger partial charge in [0, 0.05) is 10.5 Å². The van der Waals surface area contributed by atoms with Gasteiger partial charge in [-0.15, -0.1) is 0 Å². The Hall–Kier alpha value is -1.35. The predicted molar refractivity (Wildman–Crippen MR) is 80.0 cm³/mol. The lowest BCUT2D eigenvalue weighted by Crippen LogP contribution is -2.05. The van der Waals surface area contributed by atoms with Crippen LogP contribution in [0.15, 0.2) is 46.5 Å². The van der Waals surface area contributed by atoms with Gasteiger partial charge in [-0.1, -0.05) is 39.7 Å². The minimum absolute atomic E-state index is 0.278. The Morgan fingerprint density at radius 2 is 2.21 bits per heavy atom. The number of carbonyl (C=O) groups excluding carboxylic acids is 1. The fraction of sp³-hybridized carbons (Fsp3) is 0.312. The van der Waals surface area contributed by atoms with Gasteiger partial charge in [-0.05, 0) is 49.4 Å². The van der Waals surface area contributed by atoms with Gasteiger partial charge in [0.25, 0.3) is 0 Å². The molecule has 1 aromatic carbocycles. The first kappa shape index (κ1) is 14.1. The third-order valence-electron chi connectivity index (χ3n) is 3.15. The molecule has 100 valence electrons. The number of allylic oxidation sites excluding steroid dienone is 3. The van der Waals surface area contributed by atoms with Gasteiger partial charge < -0.3 is 4.74 Å². The summed E-state index contributed by atoms with van der Waals surface area (Å²) in [5.74, 6) is -0.278. The lowest BCUT2D eigenvalue weighted by Gasteiger charge is -2.18. The first-order valence-electron chi connectivity index (χ1n) is 6.49. The van der Waals surface area contributed by atoms with Gasteiger partial charge in [0.2, 0.25) is 0 Å². The topological polar surface area (TPSA) is 26.3 Å². The molecule has 1 aromatic rings. The molecule has 3 heteroatoms. The quantitative estimate of drug-likeness (QED) is 0.622. The van der Waals surface area contributed by atoms with Crippen LogP contribution in [-0.2, 0) is 22.4 Å². The summed E-state index contributed by atoms with van der Waals surface area (Å²) in [4.78, 5) is 11.2. The molecular weight excluding hydrogens is 304 g/mol. The number of fused-ring (bicyclic) bond motifs is 1. The molecule has 0 amide bonds. The highest BCUT2D eigenvalue weighted by atomic mass is 79.9. The van der Waals surface area contributed by atoms with E-state index in [1.807, 2.05) is 6.08 Å². The average molecular weight is 321 g/mol. The Morgan fingerprint density at radius 3 is 3.00 bits per heavy atom. The summed E-state index contributed by atoms with van der Waals surface area (Å²) < 4.78 is 5.98. The van der Waals surface area contributed by atoms with Crippen LogP contribution in [0.25, 0.3) is 0 Å². The zero-order valence-electron chi connectivity index (χ0n) is 11.0. The molecule has 0 N–H and O–H groups in total. The fourth-order valence-corrected chi connectivity index (χ4v) is 2.63. The largest absolute Gasteiger partial charge is 0.463 e. The van der Waals surface area contributed by atoms with Gasteiger partial charge in [0.1, 0.15) is 0 Å². The normalized spacial score (nSPS) is 16.6. The van der Waals surface area contributed by atoms with E-state index in [1.54, 1.807) is 13.0 Å². The summed E-state index contributed by atoms with van der Waals surface area (Å²) in [7, 11) is 0. The summed E-state index contributed by atoms with van der Waals surface area (Å²) in [5.41, 5.74) is 4.15. The highest BCUT2D eigenvalue weighted by Gasteiger charge is 2.12. The molecule has 0 unspecified atom stereocenters. The van der Waals surface area contributed by atoms with Crippen molar-refractivity contribution in [2.75, 3.05) is 6.61 Å². The van der Waals surface area contributed by atoms with Gasteiger partial charge in [0.05, 0.1) is 6.61 Å². The number of hydrogen-bond donors (Lipinski definition) is 0. The van der Waals surface area contributed by atoms with Crippen molar-refractivity contribution in [3.8, 4) is 0 Å². The summed E-state index contributed by atoms with van der Waals surface area (Å²) in [6.45, 7) is 2.22. The van der Waals surface area contributed by atoms with Gasteiger partial charge >= 0.3 is 5.97 Å². The summed E-state index contributed by atoms with van der Waals surface area (Å²) in [6, 6.07) is 6.44. The Bertz CT molecular complexity index is 530. The van der Waals surface area contributed by atoms with Crippen molar-refractivity contribution in [3.05, 3.63) is 57.6 Å². The molecule has 0 bridgehead atoms. The average Bonchev–Trinajstić information content (AvgIpc) is 2.39. The zero-order chi connectivity index (χ0) is 13.7. The van der Waals surface area contributed by atoms with Crippen LogP contribution in [0.3, 0.4) is 0 Å². The fourth-order valence-electron chi connectivity index (χ4n) is 2.22. The van der Waals surface area contributed by atoms with E-state index in [4.69, 9.17) is 4.74 Å². The summed E-state index contributed by atoms with van der Waals surface area (Å²) in [6.07, 6.45) is 8.38. The van der Waals surface area contributed by atoms with Crippen molar-refractivity contribution in [3.63, 3.8) is 0 Å². The molecule has 19 heavy (non-hydrogen) atoms. The predicted octanol–water partition coefficient (Wildman–Crippen LogP) is 3.98. The number of carbonyl (C=O) groups is 1. The van der Waals surface area contributed by atoms with E-state index in [-0.39, 0.29) is 5.97 Å². The number of halogens is 1. The standard InChI is InChI=1S/C16H17BrO2/c1-2-19-16(18)5-3-4-12-6-7-14-11-15(17)9-8-13(14)10-12/h3-5,8-9,11H,2,6-7,10H2,1H3. The van der Waals surface area contributed by atoms with E-state index in [2.05, 4.69) is 34.1 Å².